The second-order valence-electron chi connectivity index (χ2n) is 9.57. The number of halogens is 4. The molecule has 0 amide bonds. The molecule has 0 unspecified atom stereocenters. The molecule has 1 aliphatic heterocycles. The van der Waals surface area contributed by atoms with Crippen LogP contribution in [0.5, 0.6) is 0 Å². The minimum atomic E-state index is -5.08. The smallest absolute Gasteiger partial charge is 0.475 e. The number of benzene rings is 1. The van der Waals surface area contributed by atoms with Crippen LogP contribution in [0.3, 0.4) is 0 Å². The van der Waals surface area contributed by atoms with Crippen LogP contribution in [0.15, 0.2) is 41.1 Å². The van der Waals surface area contributed by atoms with E-state index in [1.165, 1.54) is 11.1 Å². The largest absolute Gasteiger partial charge is 0.490 e. The Kier molecular flexibility index (Phi) is 9.73. The predicted molar refractivity (Wildman–Crippen MR) is 152 cm³/mol. The van der Waals surface area contributed by atoms with Gasteiger partial charge in [-0.05, 0) is 61.6 Å². The Balaban J connectivity index is 0.000000493. The van der Waals surface area contributed by atoms with Gasteiger partial charge in [-0.15, -0.1) is 0 Å². The summed E-state index contributed by atoms with van der Waals surface area (Å²) in [7, 11) is 0. The van der Waals surface area contributed by atoms with Crippen molar-refractivity contribution in [3.05, 3.63) is 63.9 Å². The lowest BCUT2D eigenvalue weighted by Gasteiger charge is -2.31. The predicted octanol–water partition coefficient (Wildman–Crippen LogP) is 5.45. The first-order valence-electron chi connectivity index (χ1n) is 13.1. The van der Waals surface area contributed by atoms with Crippen molar-refractivity contribution in [2.45, 2.75) is 51.6 Å². The van der Waals surface area contributed by atoms with E-state index < -0.39 is 12.1 Å². The first-order chi connectivity index (χ1) is 19.5. The van der Waals surface area contributed by atoms with Crippen molar-refractivity contribution in [1.29, 1.82) is 0 Å². The number of nitrogens with zero attached hydrogens (tertiary/aromatic N) is 6. The van der Waals surface area contributed by atoms with Gasteiger partial charge in [0.15, 0.2) is 5.82 Å². The van der Waals surface area contributed by atoms with Crippen LogP contribution in [0.4, 0.5) is 24.9 Å². The minimum absolute atomic E-state index is 0.380. The molecular weight excluding hydrogens is 605 g/mol. The summed E-state index contributed by atoms with van der Waals surface area (Å²) < 4.78 is 32.8. The Bertz CT molecular complexity index is 1490. The number of carboxylic acid groups (broad SMARTS) is 1. The number of carbonyl (C=O) groups is 1. The molecule has 0 saturated carbocycles. The lowest BCUT2D eigenvalue weighted by Crippen LogP contribution is -2.34. The molecule has 0 atom stereocenters. The van der Waals surface area contributed by atoms with E-state index in [-0.39, 0.29) is 0 Å². The van der Waals surface area contributed by atoms with E-state index in [1.807, 2.05) is 18.5 Å². The van der Waals surface area contributed by atoms with Crippen LogP contribution in [-0.4, -0.2) is 67.0 Å². The molecule has 14 heteroatoms. The highest BCUT2D eigenvalue weighted by atomic mass is 79.9. The molecule has 0 bridgehead atoms. The summed E-state index contributed by atoms with van der Waals surface area (Å²) in [6.07, 6.45) is 2.45. The van der Waals surface area contributed by atoms with Gasteiger partial charge in [0, 0.05) is 54.2 Å². The Hall–Kier alpha value is -3.81. The van der Waals surface area contributed by atoms with E-state index in [0.717, 1.165) is 84.1 Å². The standard InChI is InChI=1S/C25H29BrN8.C2HF3O2/c1-3-22-30-23(33-32-22)18-8-12-34(13-9-18)25-29-21-5-4-19(26)14-20(21)24(31-25)28-11-7-17-6-10-27-15-16(17)2;3-2(4,5)1(6)7/h4-6,10,14-15,18H,3,7-9,11-13H2,1-2H3,(H,28,29,31)(H,30,32,33);(H,6,7). The molecular formula is C27H30BrF3N8O2. The number of H-pyrrole nitrogens is 1. The van der Waals surface area contributed by atoms with Crippen LogP contribution in [-0.2, 0) is 17.6 Å². The van der Waals surface area contributed by atoms with Gasteiger partial charge >= 0.3 is 12.1 Å². The summed E-state index contributed by atoms with van der Waals surface area (Å²) in [4.78, 5) is 29.9. The summed E-state index contributed by atoms with van der Waals surface area (Å²) in [5.41, 5.74) is 3.45. The van der Waals surface area contributed by atoms with Gasteiger partial charge in [0.25, 0.3) is 0 Å². The van der Waals surface area contributed by atoms with Crippen LogP contribution in [0.2, 0.25) is 0 Å². The lowest BCUT2D eigenvalue weighted by atomic mass is 9.96. The van der Waals surface area contributed by atoms with Crippen molar-refractivity contribution < 1.29 is 23.1 Å². The zero-order chi connectivity index (χ0) is 29.6. The topological polar surface area (TPSA) is 133 Å². The van der Waals surface area contributed by atoms with Gasteiger partial charge in [0.2, 0.25) is 5.95 Å². The Labute approximate surface area is 243 Å². The first-order valence-corrected chi connectivity index (χ1v) is 13.9. The number of piperidine rings is 1. The number of aromatic amines is 1. The average molecular weight is 635 g/mol. The Morgan fingerprint density at radius 1 is 1.20 bits per heavy atom. The lowest BCUT2D eigenvalue weighted by molar-refractivity contribution is -0.192. The zero-order valence-electron chi connectivity index (χ0n) is 22.5. The quantitative estimate of drug-likeness (QED) is 0.243. The number of anilines is 2. The molecule has 1 fully saturated rings. The molecule has 0 spiro atoms. The molecule has 4 heterocycles. The third-order valence-corrected chi connectivity index (χ3v) is 7.23. The highest BCUT2D eigenvalue weighted by Crippen LogP contribution is 2.31. The second kappa shape index (κ2) is 13.2. The van der Waals surface area contributed by atoms with Crippen LogP contribution >= 0.6 is 15.9 Å². The number of alkyl halides is 3. The highest BCUT2D eigenvalue weighted by Gasteiger charge is 2.38. The number of aromatic nitrogens is 6. The van der Waals surface area contributed by atoms with E-state index in [0.29, 0.717) is 5.92 Å². The number of fused-ring (bicyclic) bond motifs is 1. The fourth-order valence-electron chi connectivity index (χ4n) is 4.45. The maximum Gasteiger partial charge on any atom is 0.490 e. The minimum Gasteiger partial charge on any atom is -0.475 e. The maximum absolute atomic E-state index is 10.6. The van der Waals surface area contributed by atoms with E-state index in [9.17, 15) is 13.2 Å². The number of rotatable bonds is 7. The number of aliphatic carboxylic acids is 1. The number of hydrogen-bond donors (Lipinski definition) is 3. The van der Waals surface area contributed by atoms with Gasteiger partial charge in [-0.2, -0.15) is 23.3 Å². The summed E-state index contributed by atoms with van der Waals surface area (Å²) in [5, 5.41) is 19.2. The first kappa shape index (κ1) is 30.2. The number of carboxylic acids is 1. The van der Waals surface area contributed by atoms with Gasteiger partial charge < -0.3 is 15.3 Å². The molecule has 1 aliphatic rings. The van der Waals surface area contributed by atoms with Gasteiger partial charge in [-0.3, -0.25) is 10.1 Å². The third-order valence-electron chi connectivity index (χ3n) is 6.74. The van der Waals surface area contributed by atoms with Gasteiger partial charge in [-0.25, -0.2) is 14.8 Å². The summed E-state index contributed by atoms with van der Waals surface area (Å²) in [5.74, 6) is 1.17. The van der Waals surface area contributed by atoms with Crippen LogP contribution < -0.4 is 10.2 Å². The van der Waals surface area contributed by atoms with Gasteiger partial charge in [-0.1, -0.05) is 22.9 Å². The molecule has 41 heavy (non-hydrogen) atoms. The van der Waals surface area contributed by atoms with E-state index in [2.05, 4.69) is 78.4 Å². The van der Waals surface area contributed by atoms with Gasteiger partial charge in [0.1, 0.15) is 11.6 Å². The monoisotopic (exact) mass is 634 g/mol. The number of pyridine rings is 1. The maximum atomic E-state index is 10.6. The summed E-state index contributed by atoms with van der Waals surface area (Å²) in [6.45, 7) is 6.75. The van der Waals surface area contributed by atoms with Crippen molar-refractivity contribution in [3.63, 3.8) is 0 Å². The fraction of sp³-hybridized carbons (Fsp3) is 0.407. The molecule has 5 rings (SSSR count). The molecule has 1 aromatic carbocycles. The highest BCUT2D eigenvalue weighted by molar-refractivity contribution is 9.10. The molecule has 4 aromatic rings. The van der Waals surface area contributed by atoms with Crippen LogP contribution in [0.25, 0.3) is 10.9 Å². The SMILES string of the molecule is CCc1nc(C2CCN(c3nc(NCCc4ccncc4C)c4cc(Br)ccc4n3)CC2)n[nH]1.O=C(O)C(F)(F)F. The van der Waals surface area contributed by atoms with Crippen molar-refractivity contribution in [3.8, 4) is 0 Å². The van der Waals surface area contributed by atoms with Gasteiger partial charge in [0.05, 0.1) is 5.52 Å². The second-order valence-corrected chi connectivity index (χ2v) is 10.5. The van der Waals surface area contributed by atoms with Crippen molar-refractivity contribution in [2.75, 3.05) is 29.9 Å². The Morgan fingerprint density at radius 2 is 1.93 bits per heavy atom. The molecule has 10 nitrogen and oxygen atoms in total. The molecule has 3 N–H and O–H groups in total. The number of nitrogens with one attached hydrogen (secondary N) is 2. The molecule has 218 valence electrons. The van der Waals surface area contributed by atoms with E-state index in [1.54, 1.807) is 0 Å². The summed E-state index contributed by atoms with van der Waals surface area (Å²) >= 11 is 3.60. The molecule has 3 aromatic heterocycles. The van der Waals surface area contributed by atoms with E-state index >= 15 is 0 Å². The zero-order valence-corrected chi connectivity index (χ0v) is 24.1. The summed E-state index contributed by atoms with van der Waals surface area (Å²) in [6, 6.07) is 8.25. The van der Waals surface area contributed by atoms with Crippen LogP contribution in [0, 0.1) is 6.92 Å². The van der Waals surface area contributed by atoms with Crippen molar-refractivity contribution >= 4 is 44.6 Å². The van der Waals surface area contributed by atoms with Crippen molar-refractivity contribution in [1.82, 2.24) is 30.1 Å². The van der Waals surface area contributed by atoms with Crippen LogP contribution in [0.1, 0.15) is 48.5 Å². The molecule has 0 radical (unpaired) electrons. The van der Waals surface area contributed by atoms with Crippen molar-refractivity contribution in [2.24, 2.45) is 0 Å². The number of aryl methyl sites for hydroxylation is 2. The molecule has 1 saturated heterocycles. The molecule has 0 aliphatic carbocycles. The average Bonchev–Trinajstić information content (AvgIpc) is 3.43. The normalized spacial score (nSPS) is 14.0. The number of hydrogen-bond acceptors (Lipinski definition) is 8. The fourth-order valence-corrected chi connectivity index (χ4v) is 4.81. The van der Waals surface area contributed by atoms with E-state index in [4.69, 9.17) is 19.9 Å². The Morgan fingerprint density at radius 3 is 2.56 bits per heavy atom. The third kappa shape index (κ3) is 7.90.